The number of nitrogens with one attached hydrogen (secondary N) is 1. The van der Waals surface area contributed by atoms with Gasteiger partial charge in [-0.25, -0.2) is 0 Å². The molecule has 0 unspecified atom stereocenters. The molecule has 1 aliphatic carbocycles. The van der Waals surface area contributed by atoms with Crippen LogP contribution in [0, 0.1) is 5.41 Å². The molecule has 70 valence electrons. The maximum Gasteiger partial charge on any atom is 0.0537 e. The highest BCUT2D eigenvalue weighted by Gasteiger charge is 2.12. The molecule has 0 aliphatic heterocycles. The Balaban J connectivity index is 3.06. The van der Waals surface area contributed by atoms with Crippen LogP contribution in [0.2, 0.25) is 0 Å². The summed E-state index contributed by atoms with van der Waals surface area (Å²) in [6.45, 7) is 0. The van der Waals surface area contributed by atoms with E-state index < -0.39 is 0 Å². The Labute approximate surface area is 97.6 Å². The second kappa shape index (κ2) is 3.44. The van der Waals surface area contributed by atoms with E-state index in [9.17, 15) is 5.41 Å². The number of nitrogens with zero attached hydrogens (tertiary/aromatic N) is 1. The highest BCUT2D eigenvalue weighted by Crippen LogP contribution is 2.17. The largest absolute Gasteiger partial charge is 0.801 e. The summed E-state index contributed by atoms with van der Waals surface area (Å²) in [4.78, 5) is 0. The molecule has 0 amide bonds. The van der Waals surface area contributed by atoms with E-state index in [4.69, 9.17) is 5.41 Å². The summed E-state index contributed by atoms with van der Waals surface area (Å²) >= 11 is 6.57. The van der Waals surface area contributed by atoms with Crippen LogP contribution in [0.15, 0.2) is 24.3 Å². The summed E-state index contributed by atoms with van der Waals surface area (Å²) in [6, 6.07) is 7.59. The van der Waals surface area contributed by atoms with Crippen molar-refractivity contribution in [1.82, 2.24) is 0 Å². The van der Waals surface area contributed by atoms with Gasteiger partial charge in [0.1, 0.15) is 0 Å². The molecule has 4 heteroatoms. The highest BCUT2D eigenvalue weighted by molar-refractivity contribution is 9.15. The van der Waals surface area contributed by atoms with E-state index in [1.54, 1.807) is 0 Å². The van der Waals surface area contributed by atoms with Crippen molar-refractivity contribution in [2.75, 3.05) is 0 Å². The first-order valence-electron chi connectivity index (χ1n) is 3.93. The van der Waals surface area contributed by atoms with Crippen molar-refractivity contribution in [2.24, 2.45) is 0 Å². The lowest BCUT2D eigenvalue weighted by Gasteiger charge is -2.18. The Bertz CT molecular complexity index is 507. The molecule has 1 aromatic carbocycles. The van der Waals surface area contributed by atoms with Crippen molar-refractivity contribution in [2.45, 2.75) is 0 Å². The Hall–Kier alpha value is -0.740. The van der Waals surface area contributed by atoms with Crippen molar-refractivity contribution in [3.63, 3.8) is 0 Å². The van der Waals surface area contributed by atoms with Crippen LogP contribution >= 0.6 is 31.9 Å². The normalized spacial score (nSPS) is 15.9. The topological polar surface area (TPSA) is 46.2 Å². The minimum absolute atomic E-state index is 0.0319. The Morgan fingerprint density at radius 1 is 1.00 bits per heavy atom. The Morgan fingerprint density at radius 2 is 1.50 bits per heavy atom. The van der Waals surface area contributed by atoms with E-state index in [0.29, 0.717) is 8.96 Å². The van der Waals surface area contributed by atoms with E-state index in [2.05, 4.69) is 31.9 Å². The molecular formula is C10H5Br2N2-. The second-order valence-corrected chi connectivity index (χ2v) is 4.48. The maximum absolute atomic E-state index is 9.62. The van der Waals surface area contributed by atoms with Gasteiger partial charge in [0.15, 0.2) is 0 Å². The van der Waals surface area contributed by atoms with Gasteiger partial charge in [-0.2, -0.15) is 0 Å². The number of hydrogen-bond donors (Lipinski definition) is 1. The molecule has 2 nitrogen and oxygen atoms in total. The van der Waals surface area contributed by atoms with Crippen LogP contribution in [0.25, 0.3) is 14.4 Å². The standard InChI is InChI=1S/C10H5Br2N2/c11-7-5-3-1-2-4-6(5)8(12)10(14)9(7)13/h1-4,13H/q-1. The molecule has 1 aliphatic rings. The van der Waals surface area contributed by atoms with Crippen LogP contribution < -0.4 is 10.4 Å². The third kappa shape index (κ3) is 1.29. The summed E-state index contributed by atoms with van der Waals surface area (Å²) in [7, 11) is 0. The van der Waals surface area contributed by atoms with Gasteiger partial charge in [0.25, 0.3) is 0 Å². The van der Waals surface area contributed by atoms with E-state index in [-0.39, 0.29) is 11.4 Å². The third-order valence-electron chi connectivity index (χ3n) is 2.06. The molecule has 2 rings (SSSR count). The number of fused-ring (bicyclic) bond motifs is 1. The zero-order valence-electron chi connectivity index (χ0n) is 7.01. The summed E-state index contributed by atoms with van der Waals surface area (Å²) in [5.41, 5.74) is 0.0751. The summed E-state index contributed by atoms with van der Waals surface area (Å²) < 4.78 is 1.19. The van der Waals surface area contributed by atoms with Crippen LogP contribution in [0.1, 0.15) is 0 Å². The SMILES string of the molecule is [N-]=C1C(=N)C(Br)=c2ccccc2=C1Br. The maximum atomic E-state index is 9.62. The minimum Gasteiger partial charge on any atom is -0.801 e. The average molecular weight is 313 g/mol. The minimum atomic E-state index is -0.0319. The number of rotatable bonds is 0. The summed E-state index contributed by atoms with van der Waals surface area (Å²) in [5, 5.41) is 19.1. The van der Waals surface area contributed by atoms with E-state index in [0.717, 1.165) is 10.4 Å². The number of benzene rings is 1. The van der Waals surface area contributed by atoms with Gasteiger partial charge in [-0.3, -0.25) is 0 Å². The average Bonchev–Trinajstić information content (AvgIpc) is 2.23. The molecule has 0 bridgehead atoms. The predicted octanol–water partition coefficient (Wildman–Crippen LogP) is 1.74. The van der Waals surface area contributed by atoms with Crippen LogP contribution in [-0.4, -0.2) is 11.4 Å². The third-order valence-corrected chi connectivity index (χ3v) is 3.69. The van der Waals surface area contributed by atoms with Gasteiger partial charge in [-0.1, -0.05) is 40.2 Å². The summed E-state index contributed by atoms with van der Waals surface area (Å²) in [6.07, 6.45) is 0. The quantitative estimate of drug-likeness (QED) is 0.758. The lowest BCUT2D eigenvalue weighted by molar-refractivity contribution is 1.50. The fourth-order valence-electron chi connectivity index (χ4n) is 1.34. The van der Waals surface area contributed by atoms with Crippen LogP contribution in [-0.2, 0) is 0 Å². The van der Waals surface area contributed by atoms with Gasteiger partial charge in [0, 0.05) is 8.96 Å². The monoisotopic (exact) mass is 311 g/mol. The van der Waals surface area contributed by atoms with Gasteiger partial charge in [-0.05, 0) is 26.4 Å². The molecule has 0 aromatic heterocycles. The zero-order valence-corrected chi connectivity index (χ0v) is 10.2. The van der Waals surface area contributed by atoms with Crippen LogP contribution in [0.4, 0.5) is 0 Å². The van der Waals surface area contributed by atoms with Gasteiger partial charge in [0.2, 0.25) is 0 Å². The molecule has 0 spiro atoms. The lowest BCUT2D eigenvalue weighted by atomic mass is 10.0. The van der Waals surface area contributed by atoms with Gasteiger partial charge < -0.3 is 10.8 Å². The smallest absolute Gasteiger partial charge is 0.0537 e. The van der Waals surface area contributed by atoms with Crippen molar-refractivity contribution in [3.8, 4) is 0 Å². The van der Waals surface area contributed by atoms with Crippen molar-refractivity contribution in [1.29, 1.82) is 5.41 Å². The second-order valence-electron chi connectivity index (χ2n) is 2.90. The van der Waals surface area contributed by atoms with E-state index in [1.807, 2.05) is 24.3 Å². The molecule has 1 aromatic rings. The molecule has 0 radical (unpaired) electrons. The predicted molar refractivity (Wildman–Crippen MR) is 66.5 cm³/mol. The fourth-order valence-corrected chi connectivity index (χ4v) is 2.42. The van der Waals surface area contributed by atoms with Crippen molar-refractivity contribution < 1.29 is 0 Å². The first-order valence-corrected chi connectivity index (χ1v) is 5.51. The fraction of sp³-hybridized carbons (Fsp3) is 0. The first kappa shape index (κ1) is 9.80. The van der Waals surface area contributed by atoms with Crippen molar-refractivity contribution >= 4 is 52.2 Å². The van der Waals surface area contributed by atoms with Gasteiger partial charge >= 0.3 is 0 Å². The summed E-state index contributed by atoms with van der Waals surface area (Å²) in [5.74, 6) is 0. The molecule has 0 heterocycles. The number of halogens is 2. The first-order chi connectivity index (χ1) is 6.63. The molecule has 0 saturated heterocycles. The van der Waals surface area contributed by atoms with Crippen LogP contribution in [0.5, 0.6) is 0 Å². The molecule has 0 fully saturated rings. The Kier molecular flexibility index (Phi) is 2.41. The molecule has 1 N–H and O–H groups in total. The molecule has 14 heavy (non-hydrogen) atoms. The molecular weight excluding hydrogens is 308 g/mol. The van der Waals surface area contributed by atoms with Crippen LogP contribution in [0.3, 0.4) is 0 Å². The van der Waals surface area contributed by atoms with Gasteiger partial charge in [-0.15, -0.1) is 5.71 Å². The molecule has 0 saturated carbocycles. The highest BCUT2D eigenvalue weighted by atomic mass is 79.9. The lowest BCUT2D eigenvalue weighted by Crippen LogP contribution is -2.36. The number of hydrogen-bond acceptors (Lipinski definition) is 1. The molecule has 0 atom stereocenters. The Morgan fingerprint density at radius 3 is 2.07 bits per heavy atom. The van der Waals surface area contributed by atoms with E-state index >= 15 is 0 Å². The van der Waals surface area contributed by atoms with Crippen molar-refractivity contribution in [3.05, 3.63) is 40.1 Å². The zero-order chi connectivity index (χ0) is 10.3. The van der Waals surface area contributed by atoms with E-state index in [1.165, 1.54) is 0 Å². The van der Waals surface area contributed by atoms with Gasteiger partial charge in [0.05, 0.1) is 5.71 Å².